The molecule has 2 fully saturated rings. The number of methoxy groups -OCH3 is 1. The number of anilines is 1. The van der Waals surface area contributed by atoms with Gasteiger partial charge in [-0.2, -0.15) is 5.26 Å². The van der Waals surface area contributed by atoms with Crippen molar-refractivity contribution in [1.82, 2.24) is 20.4 Å². The lowest BCUT2D eigenvalue weighted by Crippen LogP contribution is -2.55. The van der Waals surface area contributed by atoms with E-state index < -0.39 is 0 Å². The van der Waals surface area contributed by atoms with Crippen molar-refractivity contribution >= 4 is 29.4 Å². The minimum absolute atomic E-state index is 0.0252. The number of benzene rings is 1. The number of amides is 2. The summed E-state index contributed by atoms with van der Waals surface area (Å²) < 4.78 is 11.2. The van der Waals surface area contributed by atoms with Gasteiger partial charge in [0.2, 0.25) is 0 Å². The molecule has 1 saturated carbocycles. The quantitative estimate of drug-likeness (QED) is 0.489. The molecule has 2 heterocycles. The average molecular weight is 583 g/mol. The van der Waals surface area contributed by atoms with E-state index in [4.69, 9.17) is 26.3 Å². The van der Waals surface area contributed by atoms with Crippen molar-refractivity contribution in [3.63, 3.8) is 0 Å². The number of hydrogen-bond acceptors (Lipinski definition) is 8. The van der Waals surface area contributed by atoms with Crippen molar-refractivity contribution in [2.45, 2.75) is 89.9 Å². The Morgan fingerprint density at radius 3 is 2.32 bits per heavy atom. The molecule has 0 spiro atoms. The van der Waals surface area contributed by atoms with Crippen LogP contribution in [-0.2, 0) is 4.74 Å². The number of nitrogens with zero attached hydrogens (tertiary/aromatic N) is 5. The highest BCUT2D eigenvalue weighted by atomic mass is 35.5. The van der Waals surface area contributed by atoms with Gasteiger partial charge in [-0.05, 0) is 90.5 Å². The van der Waals surface area contributed by atoms with E-state index in [-0.39, 0.29) is 41.4 Å². The van der Waals surface area contributed by atoms with Crippen LogP contribution in [-0.4, -0.2) is 71.0 Å². The molecule has 0 atom stereocenters. The predicted molar refractivity (Wildman–Crippen MR) is 156 cm³/mol. The maximum absolute atomic E-state index is 12.9. The second-order valence-electron chi connectivity index (χ2n) is 11.7. The third kappa shape index (κ3) is 7.20. The molecule has 1 aromatic carbocycles. The molecular formula is C30H39ClN6O4. The van der Waals surface area contributed by atoms with Gasteiger partial charge in [0.05, 0.1) is 23.8 Å². The van der Waals surface area contributed by atoms with Crippen molar-refractivity contribution in [2.75, 3.05) is 25.1 Å². The first-order valence-electron chi connectivity index (χ1n) is 14.1. The molecule has 41 heavy (non-hydrogen) atoms. The van der Waals surface area contributed by atoms with Gasteiger partial charge in [0, 0.05) is 36.3 Å². The van der Waals surface area contributed by atoms with Gasteiger partial charge < -0.3 is 24.6 Å². The molecule has 11 heteroatoms. The molecule has 1 saturated heterocycles. The summed E-state index contributed by atoms with van der Waals surface area (Å²) in [6.45, 7) is 9.35. The van der Waals surface area contributed by atoms with E-state index >= 15 is 0 Å². The summed E-state index contributed by atoms with van der Waals surface area (Å²) in [6, 6.07) is 9.22. The monoisotopic (exact) mass is 582 g/mol. The van der Waals surface area contributed by atoms with Crippen LogP contribution in [0.1, 0.15) is 80.9 Å². The Bertz CT molecular complexity index is 1270. The molecule has 1 aliphatic carbocycles. The molecule has 220 valence electrons. The molecule has 2 amide bonds. The Hall–Kier alpha value is -3.58. The van der Waals surface area contributed by atoms with Gasteiger partial charge in [0.15, 0.2) is 11.5 Å². The van der Waals surface area contributed by atoms with Crippen LogP contribution in [0.25, 0.3) is 0 Å². The summed E-state index contributed by atoms with van der Waals surface area (Å²) in [4.78, 5) is 29.2. The zero-order valence-corrected chi connectivity index (χ0v) is 25.2. The second-order valence-corrected chi connectivity index (χ2v) is 12.1. The number of ether oxygens (including phenoxy) is 2. The van der Waals surface area contributed by atoms with Crippen LogP contribution >= 0.6 is 11.6 Å². The fraction of sp³-hybridized carbons (Fsp3) is 0.567. The maximum atomic E-state index is 12.9. The topological polar surface area (TPSA) is 121 Å². The van der Waals surface area contributed by atoms with Crippen molar-refractivity contribution in [3.05, 3.63) is 46.1 Å². The van der Waals surface area contributed by atoms with Gasteiger partial charge >= 0.3 is 6.09 Å². The number of nitrogens with one attached hydrogen (secondary N) is 1. The molecule has 0 radical (unpaired) electrons. The van der Waals surface area contributed by atoms with Crippen LogP contribution in [0.4, 0.5) is 10.6 Å². The minimum Gasteiger partial charge on any atom is -0.490 e. The normalized spacial score (nSPS) is 19.7. The first-order chi connectivity index (χ1) is 19.5. The fourth-order valence-corrected chi connectivity index (χ4v) is 5.88. The van der Waals surface area contributed by atoms with Gasteiger partial charge in [0.25, 0.3) is 5.91 Å². The number of carbonyl (C=O) groups is 2. The summed E-state index contributed by atoms with van der Waals surface area (Å²) in [5.74, 6) is 1.17. The highest BCUT2D eigenvalue weighted by Crippen LogP contribution is 2.32. The van der Waals surface area contributed by atoms with Crippen LogP contribution in [0.5, 0.6) is 5.75 Å². The SMILES string of the molecule is COC(=O)N(C1CCN(c2ccc(C(=O)NC3CCC(Oc4ccc(C#N)c(Cl)c4C)CC3)nn2)CC1)C(C)(C)C. The number of nitriles is 1. The lowest BCUT2D eigenvalue weighted by Gasteiger charge is -2.44. The summed E-state index contributed by atoms with van der Waals surface area (Å²) in [7, 11) is 1.42. The summed E-state index contributed by atoms with van der Waals surface area (Å²) in [5.41, 5.74) is 1.15. The Balaban J connectivity index is 1.25. The summed E-state index contributed by atoms with van der Waals surface area (Å²) in [6.07, 6.45) is 4.47. The zero-order valence-electron chi connectivity index (χ0n) is 24.4. The highest BCUT2D eigenvalue weighted by Gasteiger charge is 2.36. The molecule has 10 nitrogen and oxygen atoms in total. The molecule has 2 aliphatic rings. The van der Waals surface area contributed by atoms with Crippen LogP contribution in [0.15, 0.2) is 24.3 Å². The van der Waals surface area contributed by atoms with E-state index in [1.54, 1.807) is 18.2 Å². The van der Waals surface area contributed by atoms with E-state index in [9.17, 15) is 9.59 Å². The second kappa shape index (κ2) is 12.9. The zero-order chi connectivity index (χ0) is 29.7. The number of carbonyl (C=O) groups excluding carboxylic acids is 2. The summed E-state index contributed by atoms with van der Waals surface area (Å²) in [5, 5.41) is 21.2. The van der Waals surface area contributed by atoms with E-state index in [1.807, 2.05) is 38.7 Å². The van der Waals surface area contributed by atoms with E-state index in [0.29, 0.717) is 16.3 Å². The first kappa shape index (κ1) is 30.4. The summed E-state index contributed by atoms with van der Waals surface area (Å²) >= 11 is 6.28. The number of rotatable bonds is 6. The van der Waals surface area contributed by atoms with E-state index in [2.05, 4.69) is 26.5 Å². The van der Waals surface area contributed by atoms with Crippen molar-refractivity contribution in [2.24, 2.45) is 0 Å². The molecule has 0 bridgehead atoms. The Labute approximate surface area is 246 Å². The lowest BCUT2D eigenvalue weighted by molar-refractivity contribution is 0.0492. The number of aromatic nitrogens is 2. The number of halogens is 1. The Morgan fingerprint density at radius 1 is 1.07 bits per heavy atom. The van der Waals surface area contributed by atoms with Gasteiger partial charge in [-0.1, -0.05) is 11.6 Å². The smallest absolute Gasteiger partial charge is 0.410 e. The van der Waals surface area contributed by atoms with Crippen LogP contribution in [0, 0.1) is 18.3 Å². The van der Waals surface area contributed by atoms with Crippen LogP contribution < -0.4 is 15.0 Å². The van der Waals surface area contributed by atoms with Gasteiger partial charge in [-0.25, -0.2) is 4.79 Å². The van der Waals surface area contributed by atoms with Crippen molar-refractivity contribution < 1.29 is 19.1 Å². The lowest BCUT2D eigenvalue weighted by atomic mass is 9.92. The largest absolute Gasteiger partial charge is 0.490 e. The van der Waals surface area contributed by atoms with Gasteiger partial charge in [0.1, 0.15) is 11.8 Å². The van der Waals surface area contributed by atoms with E-state index in [1.165, 1.54) is 7.11 Å². The molecule has 1 N–H and O–H groups in total. The predicted octanol–water partition coefficient (Wildman–Crippen LogP) is 5.27. The maximum Gasteiger partial charge on any atom is 0.410 e. The molecule has 2 aromatic rings. The number of piperidine rings is 1. The third-order valence-electron chi connectivity index (χ3n) is 7.89. The van der Waals surface area contributed by atoms with Crippen molar-refractivity contribution in [3.8, 4) is 11.8 Å². The van der Waals surface area contributed by atoms with Crippen LogP contribution in [0.2, 0.25) is 5.02 Å². The fourth-order valence-electron chi connectivity index (χ4n) is 5.68. The Kier molecular flexibility index (Phi) is 9.59. The van der Waals surface area contributed by atoms with Crippen LogP contribution in [0.3, 0.4) is 0 Å². The molecule has 1 aliphatic heterocycles. The Morgan fingerprint density at radius 2 is 1.76 bits per heavy atom. The average Bonchev–Trinajstić information content (AvgIpc) is 2.96. The van der Waals surface area contributed by atoms with Gasteiger partial charge in [-0.15, -0.1) is 10.2 Å². The van der Waals surface area contributed by atoms with Gasteiger partial charge in [-0.3, -0.25) is 4.79 Å². The van der Waals surface area contributed by atoms with E-state index in [0.717, 1.165) is 63.0 Å². The standard InChI is InChI=1S/C30H39ClN6O4/c1-19-25(12-6-20(18-32)27(19)31)41-23-9-7-21(8-10-23)33-28(38)24-11-13-26(35-34-24)36-16-14-22(15-17-36)37(29(39)40-5)30(2,3)4/h6,11-13,21-23H,7-10,14-17H2,1-5H3,(H,33,38). The molecule has 1 aromatic heterocycles. The van der Waals surface area contributed by atoms with Crippen molar-refractivity contribution in [1.29, 1.82) is 5.26 Å². The molecule has 4 rings (SSSR count). The molecule has 0 unspecified atom stereocenters. The minimum atomic E-state index is -0.334. The number of hydrogen-bond donors (Lipinski definition) is 1. The molecular weight excluding hydrogens is 544 g/mol. The highest BCUT2D eigenvalue weighted by molar-refractivity contribution is 6.32. The first-order valence-corrected chi connectivity index (χ1v) is 14.5. The third-order valence-corrected chi connectivity index (χ3v) is 8.38.